The average Bonchev–Trinajstić information content (AvgIpc) is 3.08. The van der Waals surface area contributed by atoms with E-state index < -0.39 is 0 Å². The largest absolute Gasteiger partial charge is 4.00 e. The molecule has 0 spiro atoms. The smallest absolute Gasteiger partial charge is 1.00 e. The Morgan fingerprint density at radius 2 is 1.00 bits per heavy atom. The molecule has 2 saturated carbocycles. The molecule has 0 radical (unpaired) electrons. The van der Waals surface area contributed by atoms with E-state index in [0.717, 1.165) is 23.7 Å². The fourth-order valence-electron chi connectivity index (χ4n) is 3.39. The first kappa shape index (κ1) is 21.3. The number of hydrogen-bond acceptors (Lipinski definition) is 0. The first-order valence-corrected chi connectivity index (χ1v) is 7.30. The summed E-state index contributed by atoms with van der Waals surface area (Å²) in [7, 11) is 0. The van der Waals surface area contributed by atoms with E-state index in [0.29, 0.717) is 0 Å². The zero-order valence-corrected chi connectivity index (χ0v) is 15.2. The van der Waals surface area contributed by atoms with Crippen molar-refractivity contribution in [3.63, 3.8) is 0 Å². The maximum atomic E-state index is 2.42. The van der Waals surface area contributed by atoms with Crippen LogP contribution in [-0.4, -0.2) is 0 Å². The van der Waals surface area contributed by atoms with E-state index >= 15 is 0 Å². The Hall–Kier alpha value is 0.254. The van der Waals surface area contributed by atoms with Gasteiger partial charge in [-0.15, -0.1) is 24.0 Å². The number of hydrogen-bond donors (Lipinski definition) is 0. The van der Waals surface area contributed by atoms with Crippen molar-refractivity contribution in [2.24, 2.45) is 23.7 Å². The summed E-state index contributed by atoms with van der Waals surface area (Å²) in [5, 5.41) is 0. The number of rotatable bonds is 0. The molecule has 0 nitrogen and oxygen atoms in total. The van der Waals surface area contributed by atoms with Crippen LogP contribution < -0.4 is 24.8 Å². The summed E-state index contributed by atoms with van der Waals surface area (Å²) in [6.07, 6.45) is 28.1. The van der Waals surface area contributed by atoms with Gasteiger partial charge in [-0.3, -0.25) is 0 Å². The van der Waals surface area contributed by atoms with E-state index in [-0.39, 0.29) is 46.5 Å². The topological polar surface area (TPSA) is 0 Å². The molecule has 4 atom stereocenters. The van der Waals surface area contributed by atoms with Crippen LogP contribution >= 0.6 is 0 Å². The molecule has 4 unspecified atom stereocenters. The maximum absolute atomic E-state index is 2.42. The third-order valence-electron chi connectivity index (χ3n) is 4.47. The van der Waals surface area contributed by atoms with E-state index in [1.807, 2.05) is 0 Å². The van der Waals surface area contributed by atoms with Crippen molar-refractivity contribution in [1.29, 1.82) is 0 Å². The van der Waals surface area contributed by atoms with Crippen LogP contribution in [0.5, 0.6) is 0 Å². The average molecular weight is 357 g/mol. The van der Waals surface area contributed by atoms with Gasteiger partial charge in [0.2, 0.25) is 0 Å². The molecule has 0 N–H and O–H groups in total. The van der Waals surface area contributed by atoms with Crippen LogP contribution in [-0.2, 0) is 21.7 Å². The van der Waals surface area contributed by atoms with Crippen LogP contribution in [0.2, 0.25) is 0 Å². The van der Waals surface area contributed by atoms with Crippen molar-refractivity contribution in [2.45, 2.75) is 25.7 Å². The molecular formula is C18H22Cl2Ti. The Morgan fingerprint density at radius 1 is 0.619 bits per heavy atom. The molecule has 4 rings (SSSR count). The zero-order chi connectivity index (χ0) is 12.2. The van der Waals surface area contributed by atoms with Crippen molar-refractivity contribution in [3.05, 3.63) is 61.4 Å². The first-order chi connectivity index (χ1) is 8.93. The molecule has 0 bridgehead atoms. The second kappa shape index (κ2) is 10.9. The minimum absolute atomic E-state index is 0. The van der Waals surface area contributed by atoms with Crippen LogP contribution in [0.15, 0.2) is 48.6 Å². The Balaban J connectivity index is 0.000000333. The van der Waals surface area contributed by atoms with Crippen LogP contribution in [0, 0.1) is 36.5 Å². The van der Waals surface area contributed by atoms with E-state index in [1.165, 1.54) is 25.7 Å². The number of allylic oxidation sites excluding steroid dienone is 8. The second-order valence-corrected chi connectivity index (χ2v) is 5.65. The van der Waals surface area contributed by atoms with E-state index in [2.05, 4.69) is 61.4 Å². The fraction of sp³-hybridized carbons (Fsp3) is 0.444. The zero-order valence-electron chi connectivity index (χ0n) is 12.2. The molecule has 0 amide bonds. The van der Waals surface area contributed by atoms with Gasteiger partial charge in [0, 0.05) is 0 Å². The summed E-state index contributed by atoms with van der Waals surface area (Å²) in [4.78, 5) is 0. The number of halogens is 2. The normalized spacial score (nSPS) is 33.5. The molecule has 21 heavy (non-hydrogen) atoms. The van der Waals surface area contributed by atoms with Gasteiger partial charge in [-0.1, -0.05) is 49.3 Å². The minimum Gasteiger partial charge on any atom is -1.00 e. The molecule has 0 aromatic heterocycles. The van der Waals surface area contributed by atoms with E-state index in [1.54, 1.807) is 0 Å². The molecule has 0 aromatic rings. The van der Waals surface area contributed by atoms with Gasteiger partial charge >= 0.3 is 21.7 Å². The molecule has 112 valence electrons. The molecule has 0 heterocycles. The second-order valence-electron chi connectivity index (χ2n) is 5.65. The third-order valence-corrected chi connectivity index (χ3v) is 4.47. The van der Waals surface area contributed by atoms with Crippen LogP contribution in [0.4, 0.5) is 0 Å². The van der Waals surface area contributed by atoms with Crippen molar-refractivity contribution in [3.8, 4) is 0 Å². The Labute approximate surface area is 156 Å². The molecule has 4 aliphatic carbocycles. The third kappa shape index (κ3) is 5.75. The Morgan fingerprint density at radius 3 is 1.38 bits per heavy atom. The maximum Gasteiger partial charge on any atom is 4.00 e. The van der Waals surface area contributed by atoms with E-state index in [9.17, 15) is 0 Å². The minimum atomic E-state index is 0. The van der Waals surface area contributed by atoms with Gasteiger partial charge in [0.05, 0.1) is 0 Å². The summed E-state index contributed by atoms with van der Waals surface area (Å²) in [6, 6.07) is 0. The van der Waals surface area contributed by atoms with Gasteiger partial charge in [0.15, 0.2) is 0 Å². The summed E-state index contributed by atoms with van der Waals surface area (Å²) < 4.78 is 0. The molecule has 0 aromatic carbocycles. The van der Waals surface area contributed by atoms with Crippen molar-refractivity contribution < 1.29 is 46.5 Å². The van der Waals surface area contributed by atoms with Crippen molar-refractivity contribution in [2.75, 3.05) is 0 Å². The van der Waals surface area contributed by atoms with Crippen LogP contribution in [0.3, 0.4) is 0 Å². The molecule has 0 aliphatic heterocycles. The number of fused-ring (bicyclic) bond motifs is 2. The first-order valence-electron chi connectivity index (χ1n) is 7.30. The summed E-state index contributed by atoms with van der Waals surface area (Å²) in [6.45, 7) is 0. The predicted molar refractivity (Wildman–Crippen MR) is 77.6 cm³/mol. The summed E-state index contributed by atoms with van der Waals surface area (Å²) >= 11 is 0. The Kier molecular flexibility index (Phi) is 11.0. The summed E-state index contributed by atoms with van der Waals surface area (Å²) in [5.74, 6) is 3.23. The molecule has 4 aliphatic rings. The van der Waals surface area contributed by atoms with Crippen LogP contribution in [0.1, 0.15) is 25.7 Å². The monoisotopic (exact) mass is 356 g/mol. The van der Waals surface area contributed by atoms with Gasteiger partial charge in [-0.05, 0) is 11.8 Å². The molecular weight excluding hydrogens is 335 g/mol. The fourth-order valence-corrected chi connectivity index (χ4v) is 3.39. The SMILES string of the molecule is C1=CC2[CH-]CCC2C=C1.C1=CC2[CH-]CCC2C=C1.[Cl-].[Cl-].[Ti+4]. The molecule has 0 saturated heterocycles. The van der Waals surface area contributed by atoms with Crippen molar-refractivity contribution >= 4 is 0 Å². The Bertz CT molecular complexity index is 324. The van der Waals surface area contributed by atoms with E-state index in [4.69, 9.17) is 0 Å². The predicted octanol–water partition coefficient (Wildman–Crippen LogP) is -1.31. The quantitative estimate of drug-likeness (QED) is 0.373. The molecule has 2 fully saturated rings. The summed E-state index contributed by atoms with van der Waals surface area (Å²) in [5.41, 5.74) is 0. The van der Waals surface area contributed by atoms with Gasteiger partial charge in [-0.25, -0.2) is 0 Å². The van der Waals surface area contributed by atoms with Gasteiger partial charge in [0.1, 0.15) is 0 Å². The standard InChI is InChI=1S/2C9H11.2ClH.Ti/c2*1-2-5-9-7-3-6-8(9)4-1;;;/h2*1-2,4-6,8-9H,3,7H2;2*1H;/q2*-1;;;+4/p-2. The molecule has 3 heteroatoms. The van der Waals surface area contributed by atoms with Gasteiger partial charge in [-0.2, -0.15) is 12.8 Å². The van der Waals surface area contributed by atoms with Crippen molar-refractivity contribution in [1.82, 2.24) is 0 Å². The van der Waals surface area contributed by atoms with Gasteiger partial charge in [0.25, 0.3) is 0 Å². The van der Waals surface area contributed by atoms with Crippen LogP contribution in [0.25, 0.3) is 0 Å². The van der Waals surface area contributed by atoms with Gasteiger partial charge < -0.3 is 37.7 Å².